The third-order valence-electron chi connectivity index (χ3n) is 1.70. The lowest BCUT2D eigenvalue weighted by Gasteiger charge is -2.09. The minimum Gasteiger partial charge on any atom is -0.363 e. The van der Waals surface area contributed by atoms with Gasteiger partial charge in [-0.1, -0.05) is 0 Å². The third kappa shape index (κ3) is 2.97. The van der Waals surface area contributed by atoms with E-state index in [0.29, 0.717) is 12.6 Å². The molecule has 1 rings (SSSR count). The molecule has 4 heteroatoms. The summed E-state index contributed by atoms with van der Waals surface area (Å²) in [6, 6.07) is 2.42. The van der Waals surface area contributed by atoms with Gasteiger partial charge in [-0.2, -0.15) is 0 Å². The van der Waals surface area contributed by atoms with Gasteiger partial charge in [0, 0.05) is 35.5 Å². The number of aromatic nitrogens is 1. The van der Waals surface area contributed by atoms with Crippen molar-refractivity contribution < 1.29 is 0 Å². The molecule has 0 aliphatic rings. The van der Waals surface area contributed by atoms with Crippen LogP contribution in [0.4, 0.5) is 0 Å². The molecule has 0 fully saturated rings. The summed E-state index contributed by atoms with van der Waals surface area (Å²) < 4.78 is 1.08. The number of nitrogens with one attached hydrogen (secondary N) is 2. The second kappa shape index (κ2) is 4.64. The van der Waals surface area contributed by atoms with Crippen LogP contribution in [-0.4, -0.2) is 17.6 Å². The van der Waals surface area contributed by atoms with E-state index in [1.54, 1.807) is 0 Å². The Morgan fingerprint density at radius 1 is 1.75 bits per heavy atom. The first kappa shape index (κ1) is 9.77. The molecule has 0 bridgehead atoms. The highest BCUT2D eigenvalue weighted by atomic mass is 79.9. The van der Waals surface area contributed by atoms with Crippen molar-refractivity contribution in [1.29, 1.82) is 0 Å². The Bertz CT molecular complexity index is 234. The minimum absolute atomic E-state index is 0.368. The molecule has 1 aromatic rings. The van der Waals surface area contributed by atoms with E-state index in [1.807, 2.05) is 6.20 Å². The topological polar surface area (TPSA) is 53.8 Å². The van der Waals surface area contributed by atoms with Gasteiger partial charge >= 0.3 is 0 Å². The monoisotopic (exact) mass is 231 g/mol. The zero-order chi connectivity index (χ0) is 8.97. The molecule has 0 saturated heterocycles. The Labute approximate surface area is 80.9 Å². The molecule has 1 aromatic heterocycles. The maximum Gasteiger partial charge on any atom is 0.0360 e. The molecular formula is C8H14BrN3. The van der Waals surface area contributed by atoms with Crippen LogP contribution in [0, 0.1) is 0 Å². The van der Waals surface area contributed by atoms with Crippen LogP contribution in [0.25, 0.3) is 0 Å². The number of halogens is 1. The van der Waals surface area contributed by atoms with Crippen LogP contribution in [0.15, 0.2) is 16.7 Å². The van der Waals surface area contributed by atoms with Crippen molar-refractivity contribution in [3.63, 3.8) is 0 Å². The first-order valence-electron chi connectivity index (χ1n) is 3.98. The summed E-state index contributed by atoms with van der Waals surface area (Å²) in [6.07, 6.45) is 1.92. The second-order valence-electron chi connectivity index (χ2n) is 2.86. The highest BCUT2D eigenvalue weighted by Crippen LogP contribution is 2.10. The predicted molar refractivity (Wildman–Crippen MR) is 53.8 cm³/mol. The molecule has 0 unspecified atom stereocenters. The van der Waals surface area contributed by atoms with Crippen LogP contribution in [0.3, 0.4) is 0 Å². The Hall–Kier alpha value is -0.320. The maximum absolute atomic E-state index is 5.46. The normalized spacial score (nSPS) is 13.2. The minimum atomic E-state index is 0.368. The van der Waals surface area contributed by atoms with Crippen LogP contribution < -0.4 is 11.1 Å². The number of aromatic amines is 1. The van der Waals surface area contributed by atoms with Crippen molar-refractivity contribution in [3.05, 3.63) is 22.4 Å². The summed E-state index contributed by atoms with van der Waals surface area (Å²) in [5, 5.41) is 3.28. The zero-order valence-electron chi connectivity index (χ0n) is 7.10. The highest BCUT2D eigenvalue weighted by molar-refractivity contribution is 9.10. The van der Waals surface area contributed by atoms with E-state index < -0.39 is 0 Å². The van der Waals surface area contributed by atoms with E-state index in [4.69, 9.17) is 5.73 Å². The molecule has 4 N–H and O–H groups in total. The Balaban J connectivity index is 2.33. The van der Waals surface area contributed by atoms with Gasteiger partial charge in [0.15, 0.2) is 0 Å². The summed E-state index contributed by atoms with van der Waals surface area (Å²) in [4.78, 5) is 3.13. The molecular weight excluding hydrogens is 218 g/mol. The number of H-pyrrole nitrogens is 1. The van der Waals surface area contributed by atoms with Crippen molar-refractivity contribution in [1.82, 2.24) is 10.3 Å². The van der Waals surface area contributed by atoms with Gasteiger partial charge in [-0.25, -0.2) is 0 Å². The fourth-order valence-corrected chi connectivity index (χ4v) is 1.27. The van der Waals surface area contributed by atoms with Crippen LogP contribution in [0.5, 0.6) is 0 Å². The number of nitrogens with two attached hydrogens (primary N) is 1. The standard InChI is InChI=1S/C8H14BrN3/c1-6(3-10)11-5-8-2-7(9)4-12-8/h2,4,6,11-12H,3,5,10H2,1H3/t6-/m1/s1. The molecule has 12 heavy (non-hydrogen) atoms. The van der Waals surface area contributed by atoms with Crippen molar-refractivity contribution in [2.75, 3.05) is 6.54 Å². The molecule has 0 aromatic carbocycles. The van der Waals surface area contributed by atoms with Crippen molar-refractivity contribution >= 4 is 15.9 Å². The van der Waals surface area contributed by atoms with E-state index in [2.05, 4.69) is 39.2 Å². The summed E-state index contributed by atoms with van der Waals surface area (Å²) >= 11 is 3.37. The smallest absolute Gasteiger partial charge is 0.0360 e. The average molecular weight is 232 g/mol. The average Bonchev–Trinajstić information content (AvgIpc) is 2.47. The van der Waals surface area contributed by atoms with Gasteiger partial charge in [0.1, 0.15) is 0 Å². The van der Waals surface area contributed by atoms with Crippen LogP contribution in [-0.2, 0) is 6.54 Å². The van der Waals surface area contributed by atoms with Gasteiger partial charge in [0.2, 0.25) is 0 Å². The molecule has 1 heterocycles. The van der Waals surface area contributed by atoms with Crippen LogP contribution >= 0.6 is 15.9 Å². The third-order valence-corrected chi connectivity index (χ3v) is 2.16. The fraction of sp³-hybridized carbons (Fsp3) is 0.500. The Morgan fingerprint density at radius 3 is 3.00 bits per heavy atom. The van der Waals surface area contributed by atoms with Crippen LogP contribution in [0.2, 0.25) is 0 Å². The Kier molecular flexibility index (Phi) is 3.78. The van der Waals surface area contributed by atoms with E-state index in [1.165, 1.54) is 5.69 Å². The molecule has 1 atom stereocenters. The lowest BCUT2D eigenvalue weighted by atomic mass is 10.3. The van der Waals surface area contributed by atoms with Crippen LogP contribution in [0.1, 0.15) is 12.6 Å². The zero-order valence-corrected chi connectivity index (χ0v) is 8.69. The van der Waals surface area contributed by atoms with E-state index in [9.17, 15) is 0 Å². The summed E-state index contributed by atoms with van der Waals surface area (Å²) in [5.41, 5.74) is 6.63. The first-order valence-corrected chi connectivity index (χ1v) is 4.78. The lowest BCUT2D eigenvalue weighted by molar-refractivity contribution is 0.552. The van der Waals surface area contributed by atoms with Gasteiger partial charge in [0.05, 0.1) is 0 Å². The summed E-state index contributed by atoms with van der Waals surface area (Å²) in [6.45, 7) is 3.57. The number of hydrogen-bond donors (Lipinski definition) is 3. The van der Waals surface area contributed by atoms with Gasteiger partial charge in [-0.05, 0) is 28.9 Å². The molecule has 0 aliphatic carbocycles. The van der Waals surface area contributed by atoms with Gasteiger partial charge in [0.25, 0.3) is 0 Å². The maximum atomic E-state index is 5.46. The van der Waals surface area contributed by atoms with Gasteiger partial charge < -0.3 is 16.0 Å². The second-order valence-corrected chi connectivity index (χ2v) is 3.78. The lowest BCUT2D eigenvalue weighted by Crippen LogP contribution is -2.32. The molecule has 0 aliphatic heterocycles. The van der Waals surface area contributed by atoms with E-state index >= 15 is 0 Å². The molecule has 3 nitrogen and oxygen atoms in total. The first-order chi connectivity index (χ1) is 5.72. The summed E-state index contributed by atoms with van der Waals surface area (Å²) in [5.74, 6) is 0. The molecule has 0 saturated carbocycles. The molecule has 68 valence electrons. The number of hydrogen-bond acceptors (Lipinski definition) is 2. The molecule has 0 amide bonds. The van der Waals surface area contributed by atoms with E-state index in [-0.39, 0.29) is 0 Å². The summed E-state index contributed by atoms with van der Waals surface area (Å²) in [7, 11) is 0. The number of rotatable bonds is 4. The van der Waals surface area contributed by atoms with Crippen molar-refractivity contribution in [2.45, 2.75) is 19.5 Å². The SMILES string of the molecule is C[C@H](CN)NCc1cc(Br)c[nH]1. The van der Waals surface area contributed by atoms with Crippen molar-refractivity contribution in [3.8, 4) is 0 Å². The highest BCUT2D eigenvalue weighted by Gasteiger charge is 1.99. The molecule has 0 radical (unpaired) electrons. The fourth-order valence-electron chi connectivity index (χ4n) is 0.881. The largest absolute Gasteiger partial charge is 0.363 e. The van der Waals surface area contributed by atoms with Crippen molar-refractivity contribution in [2.24, 2.45) is 5.73 Å². The van der Waals surface area contributed by atoms with E-state index in [0.717, 1.165) is 11.0 Å². The quantitative estimate of drug-likeness (QED) is 0.730. The Morgan fingerprint density at radius 2 is 2.50 bits per heavy atom. The predicted octanol–water partition coefficient (Wildman–Crippen LogP) is 1.21. The molecule has 0 spiro atoms. The van der Waals surface area contributed by atoms with Gasteiger partial charge in [-0.3, -0.25) is 0 Å². The van der Waals surface area contributed by atoms with Gasteiger partial charge in [-0.15, -0.1) is 0 Å².